The Hall–Kier alpha value is -1.75. The summed E-state index contributed by atoms with van der Waals surface area (Å²) in [5, 5.41) is 0. The summed E-state index contributed by atoms with van der Waals surface area (Å²) in [6.07, 6.45) is 1.37. The third kappa shape index (κ3) is 3.38. The summed E-state index contributed by atoms with van der Waals surface area (Å²) >= 11 is 0. The van der Waals surface area contributed by atoms with Gasteiger partial charge in [-0.15, -0.1) is 0 Å². The third-order valence-corrected chi connectivity index (χ3v) is 3.03. The van der Waals surface area contributed by atoms with Gasteiger partial charge in [-0.25, -0.2) is 0 Å². The van der Waals surface area contributed by atoms with E-state index in [0.29, 0.717) is 19.6 Å². The second kappa shape index (κ2) is 5.93. The zero-order valence-electron chi connectivity index (χ0n) is 11.4. The van der Waals surface area contributed by atoms with E-state index in [0.717, 1.165) is 23.5 Å². The van der Waals surface area contributed by atoms with Crippen molar-refractivity contribution in [3.63, 3.8) is 0 Å². The van der Waals surface area contributed by atoms with Crippen LogP contribution in [-0.2, 0) is 11.2 Å². The smallest absolute Gasteiger partial charge is 0.239 e. The molecule has 2 N–H and O–H groups in total. The molecule has 0 radical (unpaired) electrons. The molecule has 0 aromatic heterocycles. The Bertz CT molecular complexity index is 460. The minimum Gasteiger partial charge on any atom is -0.490 e. The van der Waals surface area contributed by atoms with Gasteiger partial charge in [0.1, 0.15) is 0 Å². The minimum atomic E-state index is -0.528. The second-order valence-corrected chi connectivity index (χ2v) is 4.87. The molecule has 1 aromatic rings. The molecule has 1 aromatic carbocycles. The Balaban J connectivity index is 2.09. The maximum absolute atomic E-state index is 11.7. The van der Waals surface area contributed by atoms with E-state index < -0.39 is 6.04 Å². The van der Waals surface area contributed by atoms with Crippen LogP contribution in [0.4, 0.5) is 0 Å². The van der Waals surface area contributed by atoms with Crippen molar-refractivity contribution in [2.24, 2.45) is 5.73 Å². The van der Waals surface area contributed by atoms with E-state index in [4.69, 9.17) is 15.2 Å². The number of carbonyl (C=O) groups is 1. The molecule has 0 bridgehead atoms. The van der Waals surface area contributed by atoms with Gasteiger partial charge in [0.2, 0.25) is 5.91 Å². The number of amides is 1. The van der Waals surface area contributed by atoms with Gasteiger partial charge < -0.3 is 20.1 Å². The normalized spacial score (nSPS) is 15.5. The van der Waals surface area contributed by atoms with Crippen LogP contribution in [0.3, 0.4) is 0 Å². The van der Waals surface area contributed by atoms with Crippen LogP contribution >= 0.6 is 0 Å². The number of carbonyl (C=O) groups excluding carboxylic acids is 1. The SMILES string of the molecule is CN(C)C(=O)C(N)Cc1ccc2c(c1)OCCCO2. The Morgan fingerprint density at radius 2 is 2.00 bits per heavy atom. The van der Waals surface area contributed by atoms with Gasteiger partial charge in [0.25, 0.3) is 0 Å². The first-order valence-corrected chi connectivity index (χ1v) is 6.43. The number of likely N-dealkylation sites (N-methyl/N-ethyl adjacent to an activating group) is 1. The molecule has 5 heteroatoms. The average molecular weight is 264 g/mol. The van der Waals surface area contributed by atoms with E-state index in [2.05, 4.69) is 0 Å². The van der Waals surface area contributed by atoms with Crippen molar-refractivity contribution < 1.29 is 14.3 Å². The van der Waals surface area contributed by atoms with Crippen LogP contribution in [0.25, 0.3) is 0 Å². The number of benzene rings is 1. The first-order chi connectivity index (χ1) is 9.08. The van der Waals surface area contributed by atoms with Crippen LogP contribution in [0.2, 0.25) is 0 Å². The van der Waals surface area contributed by atoms with Crippen LogP contribution in [-0.4, -0.2) is 44.2 Å². The molecule has 0 spiro atoms. The van der Waals surface area contributed by atoms with Crippen molar-refractivity contribution in [3.8, 4) is 11.5 Å². The van der Waals surface area contributed by atoms with Crippen molar-refractivity contribution in [2.75, 3.05) is 27.3 Å². The van der Waals surface area contributed by atoms with Crippen LogP contribution in [0, 0.1) is 0 Å². The fourth-order valence-corrected chi connectivity index (χ4v) is 2.01. The highest BCUT2D eigenvalue weighted by molar-refractivity contribution is 5.81. The predicted molar refractivity (Wildman–Crippen MR) is 72.4 cm³/mol. The summed E-state index contributed by atoms with van der Waals surface area (Å²) in [5.74, 6) is 1.42. The molecule has 1 aliphatic rings. The molecule has 2 rings (SSSR count). The average Bonchev–Trinajstić information content (AvgIpc) is 2.62. The van der Waals surface area contributed by atoms with E-state index in [9.17, 15) is 4.79 Å². The first kappa shape index (κ1) is 13.7. The van der Waals surface area contributed by atoms with Crippen LogP contribution in [0.5, 0.6) is 11.5 Å². The van der Waals surface area contributed by atoms with E-state index in [1.807, 2.05) is 18.2 Å². The third-order valence-electron chi connectivity index (χ3n) is 3.03. The van der Waals surface area contributed by atoms with Gasteiger partial charge in [-0.3, -0.25) is 4.79 Å². The highest BCUT2D eigenvalue weighted by Gasteiger charge is 2.17. The molecule has 0 aliphatic carbocycles. The van der Waals surface area contributed by atoms with Gasteiger partial charge >= 0.3 is 0 Å². The topological polar surface area (TPSA) is 64.8 Å². The summed E-state index contributed by atoms with van der Waals surface area (Å²) in [6, 6.07) is 5.18. The van der Waals surface area contributed by atoms with Crippen LogP contribution in [0.1, 0.15) is 12.0 Å². The number of hydrogen-bond acceptors (Lipinski definition) is 4. The fraction of sp³-hybridized carbons (Fsp3) is 0.500. The Labute approximate surface area is 113 Å². The van der Waals surface area contributed by atoms with Gasteiger partial charge in [-0.2, -0.15) is 0 Å². The molecular weight excluding hydrogens is 244 g/mol. The van der Waals surface area contributed by atoms with Gasteiger partial charge in [0.05, 0.1) is 19.3 Å². The quantitative estimate of drug-likeness (QED) is 0.877. The van der Waals surface area contributed by atoms with Gasteiger partial charge in [-0.05, 0) is 24.1 Å². The monoisotopic (exact) mass is 264 g/mol. The summed E-state index contributed by atoms with van der Waals surface area (Å²) in [7, 11) is 3.41. The Kier molecular flexibility index (Phi) is 4.27. The maximum atomic E-state index is 11.7. The number of fused-ring (bicyclic) bond motifs is 1. The molecule has 0 fully saturated rings. The number of nitrogens with zero attached hydrogens (tertiary/aromatic N) is 1. The predicted octanol–water partition coefficient (Wildman–Crippen LogP) is 0.806. The lowest BCUT2D eigenvalue weighted by atomic mass is 10.1. The molecule has 104 valence electrons. The molecule has 19 heavy (non-hydrogen) atoms. The van der Waals surface area contributed by atoms with Gasteiger partial charge in [0.15, 0.2) is 11.5 Å². The zero-order valence-corrected chi connectivity index (χ0v) is 11.4. The van der Waals surface area contributed by atoms with E-state index in [-0.39, 0.29) is 5.91 Å². The van der Waals surface area contributed by atoms with Crippen molar-refractivity contribution in [1.82, 2.24) is 4.90 Å². The van der Waals surface area contributed by atoms with E-state index in [1.165, 1.54) is 4.90 Å². The lowest BCUT2D eigenvalue weighted by Crippen LogP contribution is -2.41. The van der Waals surface area contributed by atoms with Crippen molar-refractivity contribution in [1.29, 1.82) is 0 Å². The van der Waals surface area contributed by atoms with Crippen molar-refractivity contribution in [2.45, 2.75) is 18.9 Å². The summed E-state index contributed by atoms with van der Waals surface area (Å²) < 4.78 is 11.2. The molecular formula is C14H20N2O3. The number of nitrogens with two attached hydrogens (primary N) is 1. The number of hydrogen-bond donors (Lipinski definition) is 1. The summed E-state index contributed by atoms with van der Waals surface area (Å²) in [6.45, 7) is 1.32. The zero-order chi connectivity index (χ0) is 13.8. The molecule has 1 heterocycles. The van der Waals surface area contributed by atoms with Crippen LogP contribution in [0.15, 0.2) is 18.2 Å². The maximum Gasteiger partial charge on any atom is 0.239 e. The molecule has 1 unspecified atom stereocenters. The second-order valence-electron chi connectivity index (χ2n) is 4.87. The van der Waals surface area contributed by atoms with Gasteiger partial charge in [0, 0.05) is 20.5 Å². The summed E-state index contributed by atoms with van der Waals surface area (Å²) in [5.41, 5.74) is 6.87. The highest BCUT2D eigenvalue weighted by atomic mass is 16.5. The highest BCUT2D eigenvalue weighted by Crippen LogP contribution is 2.30. The van der Waals surface area contributed by atoms with Crippen molar-refractivity contribution >= 4 is 5.91 Å². The standard InChI is InChI=1S/C14H20N2O3/c1-16(2)14(17)11(15)8-10-4-5-12-13(9-10)19-7-3-6-18-12/h4-5,9,11H,3,6-8,15H2,1-2H3. The lowest BCUT2D eigenvalue weighted by molar-refractivity contribution is -0.130. The molecule has 0 saturated carbocycles. The Morgan fingerprint density at radius 3 is 2.68 bits per heavy atom. The first-order valence-electron chi connectivity index (χ1n) is 6.43. The van der Waals surface area contributed by atoms with Crippen molar-refractivity contribution in [3.05, 3.63) is 23.8 Å². The number of ether oxygens (including phenoxy) is 2. The minimum absolute atomic E-state index is 0.0767. The molecule has 1 atom stereocenters. The number of rotatable bonds is 3. The lowest BCUT2D eigenvalue weighted by Gasteiger charge is -2.17. The van der Waals surface area contributed by atoms with E-state index >= 15 is 0 Å². The Morgan fingerprint density at radius 1 is 1.32 bits per heavy atom. The van der Waals surface area contributed by atoms with Crippen LogP contribution < -0.4 is 15.2 Å². The largest absolute Gasteiger partial charge is 0.490 e. The van der Waals surface area contributed by atoms with Gasteiger partial charge in [-0.1, -0.05) is 6.07 Å². The fourth-order valence-electron chi connectivity index (χ4n) is 2.01. The molecule has 1 amide bonds. The van der Waals surface area contributed by atoms with E-state index in [1.54, 1.807) is 14.1 Å². The molecule has 5 nitrogen and oxygen atoms in total. The molecule has 1 aliphatic heterocycles. The summed E-state index contributed by atoms with van der Waals surface area (Å²) in [4.78, 5) is 13.2. The molecule has 0 saturated heterocycles.